The maximum atomic E-state index is 12.4. The Hall–Kier alpha value is -3.15. The van der Waals surface area contributed by atoms with E-state index < -0.39 is 0 Å². The second kappa shape index (κ2) is 6.16. The Kier molecular flexibility index (Phi) is 4.04. The lowest BCUT2D eigenvalue weighted by atomic mass is 10.1. The predicted molar refractivity (Wildman–Crippen MR) is 94.4 cm³/mol. The van der Waals surface area contributed by atoms with Gasteiger partial charge in [0.1, 0.15) is 0 Å². The minimum atomic E-state index is -0.380. The van der Waals surface area contributed by atoms with Gasteiger partial charge < -0.3 is 11.1 Å². The van der Waals surface area contributed by atoms with Crippen molar-refractivity contribution in [3.05, 3.63) is 64.8 Å². The summed E-state index contributed by atoms with van der Waals surface area (Å²) in [7, 11) is 0. The van der Waals surface area contributed by atoms with Crippen LogP contribution in [-0.2, 0) is 0 Å². The van der Waals surface area contributed by atoms with E-state index in [9.17, 15) is 4.79 Å². The number of carbonyl (C=O) groups is 1. The lowest BCUT2D eigenvalue weighted by molar-refractivity contribution is 0.102. The molecular weight excluding hydrogens is 302 g/mol. The molecule has 0 saturated heterocycles. The molecule has 0 saturated carbocycles. The molecule has 3 N–H and O–H groups in total. The lowest BCUT2D eigenvalue weighted by Crippen LogP contribution is -2.15. The summed E-state index contributed by atoms with van der Waals surface area (Å²) < 4.78 is 1.45. The van der Waals surface area contributed by atoms with E-state index in [0.29, 0.717) is 5.69 Å². The number of nitrogen functional groups attached to an aromatic ring is 1. The number of nitrogens with two attached hydrogens (primary N) is 1. The number of hydrogen-bond donors (Lipinski definition) is 2. The molecule has 1 amide bonds. The van der Waals surface area contributed by atoms with Crippen molar-refractivity contribution < 1.29 is 4.79 Å². The number of nitrogens with one attached hydrogen (secondary N) is 1. The van der Waals surface area contributed by atoms with Crippen molar-refractivity contribution in [3.63, 3.8) is 0 Å². The monoisotopic (exact) mass is 321 g/mol. The first-order valence-electron chi connectivity index (χ1n) is 7.62. The van der Waals surface area contributed by atoms with Crippen LogP contribution < -0.4 is 11.1 Å². The van der Waals surface area contributed by atoms with Gasteiger partial charge in [0, 0.05) is 5.69 Å². The highest BCUT2D eigenvalue weighted by Crippen LogP contribution is 2.18. The molecule has 0 unspecified atom stereocenters. The molecule has 0 bridgehead atoms. The number of amides is 1. The van der Waals surface area contributed by atoms with Crippen molar-refractivity contribution >= 4 is 17.4 Å². The van der Waals surface area contributed by atoms with E-state index in [0.717, 1.165) is 22.4 Å². The summed E-state index contributed by atoms with van der Waals surface area (Å²) in [5.74, 6) is -0.172. The van der Waals surface area contributed by atoms with Crippen LogP contribution in [0.2, 0.25) is 0 Å². The van der Waals surface area contributed by atoms with E-state index in [4.69, 9.17) is 5.73 Å². The van der Waals surface area contributed by atoms with Gasteiger partial charge in [0.25, 0.3) is 5.91 Å². The highest BCUT2D eigenvalue weighted by atomic mass is 16.2. The van der Waals surface area contributed by atoms with E-state index in [1.807, 2.05) is 63.2 Å². The zero-order valence-corrected chi connectivity index (χ0v) is 13.9. The van der Waals surface area contributed by atoms with Crippen molar-refractivity contribution in [3.8, 4) is 5.69 Å². The Labute approximate surface area is 140 Å². The lowest BCUT2D eigenvalue weighted by Gasteiger charge is -2.07. The molecule has 0 aliphatic heterocycles. The van der Waals surface area contributed by atoms with Crippen LogP contribution in [0.4, 0.5) is 11.5 Å². The van der Waals surface area contributed by atoms with Crippen LogP contribution in [-0.4, -0.2) is 20.9 Å². The van der Waals surface area contributed by atoms with Gasteiger partial charge in [-0.15, -0.1) is 5.10 Å². The molecule has 0 fully saturated rings. The summed E-state index contributed by atoms with van der Waals surface area (Å²) in [6, 6.07) is 13.4. The van der Waals surface area contributed by atoms with Crippen LogP contribution in [0.3, 0.4) is 0 Å². The van der Waals surface area contributed by atoms with Crippen LogP contribution >= 0.6 is 0 Å². The number of anilines is 2. The maximum absolute atomic E-state index is 12.4. The van der Waals surface area contributed by atoms with Gasteiger partial charge in [-0.2, -0.15) is 4.68 Å². The molecule has 6 heteroatoms. The molecule has 0 radical (unpaired) electrons. The zero-order chi connectivity index (χ0) is 17.3. The van der Waals surface area contributed by atoms with E-state index in [1.54, 1.807) is 0 Å². The molecule has 0 aliphatic carbocycles. The third-order valence-electron chi connectivity index (χ3n) is 3.96. The van der Waals surface area contributed by atoms with E-state index in [-0.39, 0.29) is 17.4 Å². The first-order valence-corrected chi connectivity index (χ1v) is 7.62. The summed E-state index contributed by atoms with van der Waals surface area (Å²) in [4.78, 5) is 12.4. The largest absolute Gasteiger partial charge is 0.382 e. The van der Waals surface area contributed by atoms with Gasteiger partial charge in [0.2, 0.25) is 0 Å². The molecule has 6 nitrogen and oxygen atoms in total. The second-order valence-corrected chi connectivity index (χ2v) is 5.82. The van der Waals surface area contributed by atoms with Gasteiger partial charge in [-0.05, 0) is 56.2 Å². The number of hydrogen-bond acceptors (Lipinski definition) is 4. The smallest absolute Gasteiger partial charge is 0.280 e. The van der Waals surface area contributed by atoms with Crippen LogP contribution in [0.15, 0.2) is 42.5 Å². The highest BCUT2D eigenvalue weighted by molar-refractivity contribution is 6.05. The van der Waals surface area contributed by atoms with Crippen molar-refractivity contribution in [2.24, 2.45) is 0 Å². The number of nitrogens with zero attached hydrogens (tertiary/aromatic N) is 3. The van der Waals surface area contributed by atoms with E-state index in [2.05, 4.69) is 15.6 Å². The SMILES string of the molecule is Cc1ccc(-n2nnc(C(=O)Nc3ccc(C)c(C)c3)c2N)cc1. The molecular formula is C18H19N5O. The Morgan fingerprint density at radius 2 is 1.75 bits per heavy atom. The standard InChI is InChI=1S/C18H19N5O/c1-11-4-8-15(9-5-11)23-17(19)16(21-22-23)18(24)20-14-7-6-12(2)13(3)10-14/h4-10H,19H2,1-3H3,(H,20,24). The average Bonchev–Trinajstić information content (AvgIpc) is 2.93. The Morgan fingerprint density at radius 1 is 1.04 bits per heavy atom. The Morgan fingerprint density at radius 3 is 2.42 bits per heavy atom. The quantitative estimate of drug-likeness (QED) is 0.776. The van der Waals surface area contributed by atoms with Gasteiger partial charge in [0.15, 0.2) is 11.5 Å². The van der Waals surface area contributed by atoms with Gasteiger partial charge in [-0.25, -0.2) is 0 Å². The fraction of sp³-hybridized carbons (Fsp3) is 0.167. The zero-order valence-electron chi connectivity index (χ0n) is 13.9. The molecule has 3 aromatic rings. The van der Waals surface area contributed by atoms with Crippen LogP contribution in [0, 0.1) is 20.8 Å². The molecule has 0 atom stereocenters. The highest BCUT2D eigenvalue weighted by Gasteiger charge is 2.18. The summed E-state index contributed by atoms with van der Waals surface area (Å²) in [6.45, 7) is 6.01. The normalized spacial score (nSPS) is 10.6. The number of aryl methyl sites for hydroxylation is 3. The van der Waals surface area contributed by atoms with Crippen LogP contribution in [0.25, 0.3) is 5.69 Å². The molecule has 1 heterocycles. The van der Waals surface area contributed by atoms with Crippen LogP contribution in [0.5, 0.6) is 0 Å². The Bertz CT molecular complexity index is 896. The van der Waals surface area contributed by atoms with Gasteiger partial charge in [-0.1, -0.05) is 29.0 Å². The van der Waals surface area contributed by atoms with E-state index in [1.165, 1.54) is 4.68 Å². The predicted octanol–water partition coefficient (Wildman–Crippen LogP) is 3.03. The summed E-state index contributed by atoms with van der Waals surface area (Å²) in [6.07, 6.45) is 0. The molecule has 3 rings (SSSR count). The summed E-state index contributed by atoms with van der Waals surface area (Å²) in [5.41, 5.74) is 11.0. The van der Waals surface area contributed by atoms with Crippen molar-refractivity contribution in [2.75, 3.05) is 11.1 Å². The van der Waals surface area contributed by atoms with Gasteiger partial charge in [0.05, 0.1) is 5.69 Å². The fourth-order valence-corrected chi connectivity index (χ4v) is 2.34. The number of benzene rings is 2. The van der Waals surface area contributed by atoms with Gasteiger partial charge in [-0.3, -0.25) is 4.79 Å². The molecule has 2 aromatic carbocycles. The third kappa shape index (κ3) is 2.99. The van der Waals surface area contributed by atoms with Crippen LogP contribution in [0.1, 0.15) is 27.2 Å². The Balaban J connectivity index is 1.85. The minimum Gasteiger partial charge on any atom is -0.382 e. The number of aromatic nitrogens is 3. The number of carbonyl (C=O) groups excluding carboxylic acids is 1. The van der Waals surface area contributed by atoms with Crippen molar-refractivity contribution in [1.29, 1.82) is 0 Å². The van der Waals surface area contributed by atoms with Gasteiger partial charge >= 0.3 is 0 Å². The fourth-order valence-electron chi connectivity index (χ4n) is 2.34. The molecule has 122 valence electrons. The number of rotatable bonds is 3. The third-order valence-corrected chi connectivity index (χ3v) is 3.96. The van der Waals surface area contributed by atoms with Crippen molar-refractivity contribution in [2.45, 2.75) is 20.8 Å². The first kappa shape index (κ1) is 15.7. The van der Waals surface area contributed by atoms with E-state index >= 15 is 0 Å². The molecule has 0 aliphatic rings. The first-order chi connectivity index (χ1) is 11.5. The average molecular weight is 321 g/mol. The molecule has 1 aromatic heterocycles. The molecule has 24 heavy (non-hydrogen) atoms. The molecule has 0 spiro atoms. The second-order valence-electron chi connectivity index (χ2n) is 5.82. The summed E-state index contributed by atoms with van der Waals surface area (Å²) in [5, 5.41) is 10.7. The topological polar surface area (TPSA) is 85.8 Å². The minimum absolute atomic E-state index is 0.105. The van der Waals surface area contributed by atoms with Crippen molar-refractivity contribution in [1.82, 2.24) is 15.0 Å². The summed E-state index contributed by atoms with van der Waals surface area (Å²) >= 11 is 0. The maximum Gasteiger partial charge on any atom is 0.280 e.